The molecule has 2 aromatic carbocycles. The van der Waals surface area contributed by atoms with E-state index < -0.39 is 109 Å². The SMILES string of the molecule is CC[C@H](C)[C@@H]([C@@H](CC(=O)N1CCC[C@H]1[C@H](OC)[C@@H](C)C(=O)N[C@@H](Cc1ccccc1)C(=O)O)OC)N(C)C(=O)[C@@H](NC(=O)[C@H](C(C)C)N(C)C(=O)CO/N=C(\C)c1ccc(C[C@H](N)C(=O)O)cc1)[C@H](C)N=[N+]=[N-]. The minimum atomic E-state index is -1.42. The van der Waals surface area contributed by atoms with Gasteiger partial charge in [-0.15, -0.1) is 0 Å². The molecule has 73 heavy (non-hydrogen) atoms. The highest BCUT2D eigenvalue weighted by Gasteiger charge is 2.44. The lowest BCUT2D eigenvalue weighted by molar-refractivity contribution is -0.149. The second-order valence-electron chi connectivity index (χ2n) is 19.1. The molecule has 402 valence electrons. The first kappa shape index (κ1) is 60.7. The summed E-state index contributed by atoms with van der Waals surface area (Å²) in [6, 6.07) is 8.64. The number of azide groups is 1. The van der Waals surface area contributed by atoms with Crippen LogP contribution in [0.2, 0.25) is 0 Å². The maximum absolute atomic E-state index is 14.7. The van der Waals surface area contributed by atoms with Crippen LogP contribution in [0.3, 0.4) is 0 Å². The van der Waals surface area contributed by atoms with E-state index in [-0.39, 0.29) is 31.1 Å². The first-order chi connectivity index (χ1) is 34.5. The van der Waals surface area contributed by atoms with Gasteiger partial charge in [-0.05, 0) is 60.2 Å². The highest BCUT2D eigenvalue weighted by atomic mass is 16.6. The van der Waals surface area contributed by atoms with Crippen molar-refractivity contribution in [2.45, 2.75) is 141 Å². The zero-order valence-electron chi connectivity index (χ0n) is 44.0. The predicted octanol–water partition coefficient (Wildman–Crippen LogP) is 3.78. The predicted molar refractivity (Wildman–Crippen MR) is 272 cm³/mol. The van der Waals surface area contributed by atoms with E-state index in [9.17, 15) is 44.2 Å². The number of hydrogen-bond donors (Lipinski definition) is 5. The number of nitrogens with two attached hydrogens (primary N) is 1. The van der Waals surface area contributed by atoms with Crippen LogP contribution in [0.15, 0.2) is 64.9 Å². The van der Waals surface area contributed by atoms with E-state index in [1.165, 1.54) is 45.0 Å². The van der Waals surface area contributed by atoms with E-state index >= 15 is 0 Å². The number of ether oxygens (including phenoxy) is 2. The van der Waals surface area contributed by atoms with Gasteiger partial charge < -0.3 is 55.6 Å². The first-order valence-corrected chi connectivity index (χ1v) is 24.6. The van der Waals surface area contributed by atoms with Gasteiger partial charge in [0.05, 0.1) is 48.4 Å². The monoisotopic (exact) mass is 1020 g/mol. The van der Waals surface area contributed by atoms with Crippen LogP contribution in [-0.4, -0.2) is 168 Å². The number of aliphatic carboxylic acids is 2. The van der Waals surface area contributed by atoms with Crippen molar-refractivity contribution in [3.8, 4) is 0 Å². The molecule has 0 bridgehead atoms. The highest BCUT2D eigenvalue weighted by molar-refractivity contribution is 5.98. The Hall–Kier alpha value is -6.61. The molecular weight excluding hydrogens is 945 g/mol. The van der Waals surface area contributed by atoms with Gasteiger partial charge in [-0.1, -0.05) is 113 Å². The van der Waals surface area contributed by atoms with E-state index in [1.54, 1.807) is 81.1 Å². The number of oxime groups is 1. The Bertz CT molecular complexity index is 2260. The normalized spacial score (nSPS) is 17.8. The minimum absolute atomic E-state index is 0.0749. The van der Waals surface area contributed by atoms with Crippen LogP contribution in [0.5, 0.6) is 0 Å². The molecule has 1 saturated heterocycles. The molecule has 0 aliphatic carbocycles. The minimum Gasteiger partial charge on any atom is -0.480 e. The summed E-state index contributed by atoms with van der Waals surface area (Å²) in [4.78, 5) is 106. The molecule has 11 atom stereocenters. The number of carbonyl (C=O) groups is 7. The smallest absolute Gasteiger partial charge is 0.326 e. The van der Waals surface area contributed by atoms with Gasteiger partial charge in [0.1, 0.15) is 24.2 Å². The van der Waals surface area contributed by atoms with Crippen LogP contribution in [-0.2, 0) is 60.7 Å². The molecule has 6 N–H and O–H groups in total. The van der Waals surface area contributed by atoms with E-state index in [0.717, 1.165) is 5.56 Å². The number of nitrogens with one attached hydrogen (secondary N) is 2. The summed E-state index contributed by atoms with van der Waals surface area (Å²) >= 11 is 0. The molecule has 2 aromatic rings. The average molecular weight is 1020 g/mol. The third kappa shape index (κ3) is 17.0. The number of likely N-dealkylation sites (N-methyl/N-ethyl adjacent to an activating group) is 2. The molecule has 0 spiro atoms. The summed E-state index contributed by atoms with van der Waals surface area (Å²) in [6.07, 6.45) is 0.0532. The number of carbonyl (C=O) groups excluding carboxylic acids is 5. The van der Waals surface area contributed by atoms with Crippen molar-refractivity contribution in [3.63, 3.8) is 0 Å². The van der Waals surface area contributed by atoms with Crippen LogP contribution < -0.4 is 16.4 Å². The molecule has 3 rings (SSSR count). The van der Waals surface area contributed by atoms with Gasteiger partial charge in [0.25, 0.3) is 5.91 Å². The third-order valence-corrected chi connectivity index (χ3v) is 13.7. The Morgan fingerprint density at radius 2 is 1.51 bits per heavy atom. The van der Waals surface area contributed by atoms with Gasteiger partial charge in [-0.25, -0.2) is 4.79 Å². The Morgan fingerprint density at radius 3 is 2.05 bits per heavy atom. The van der Waals surface area contributed by atoms with Gasteiger partial charge in [0.15, 0.2) is 6.61 Å². The Labute approximate surface area is 427 Å². The van der Waals surface area contributed by atoms with E-state index in [0.29, 0.717) is 42.6 Å². The lowest BCUT2D eigenvalue weighted by Crippen LogP contribution is -2.61. The van der Waals surface area contributed by atoms with Gasteiger partial charge in [0.2, 0.25) is 23.6 Å². The number of methoxy groups -OCH3 is 2. The highest BCUT2D eigenvalue weighted by Crippen LogP contribution is 2.30. The number of amides is 5. The quantitative estimate of drug-likeness (QED) is 0.0255. The van der Waals surface area contributed by atoms with E-state index in [1.807, 2.05) is 19.9 Å². The number of carboxylic acids is 2. The lowest BCUT2D eigenvalue weighted by Gasteiger charge is -2.41. The molecule has 0 radical (unpaired) electrons. The van der Waals surface area contributed by atoms with Gasteiger partial charge in [-0.2, -0.15) is 0 Å². The largest absolute Gasteiger partial charge is 0.480 e. The molecule has 5 amide bonds. The summed E-state index contributed by atoms with van der Waals surface area (Å²) in [6.45, 7) is 11.9. The summed E-state index contributed by atoms with van der Waals surface area (Å²) < 4.78 is 11.9. The standard InChI is InChI=1S/C51H76N10O12/c1-12-30(4)45(40(71-10)27-41(62)61-24-16-19-39(61)46(72-11)31(5)47(64)54-38(51(69)70)26-34-17-14-13-15-18-34)60(9)49(66)43(33(7)56-58-53)55-48(65)44(29(2)3)59(8)42(63)28-73-57-32(6)36-22-20-35(21-23-36)25-37(52)50(67)68/h13-15,17-18,20-23,29-31,33,37-40,43-46H,12,16,19,24-28,52H2,1-11H3,(H,54,64)(H,55,65)(H,67,68)(H,69,70)/b57-32+/t30-,31+,33-,37-,38-,39-,40+,43-,44-,45-,46+/m0/s1. The summed E-state index contributed by atoms with van der Waals surface area (Å²) in [5.41, 5.74) is 17.7. The maximum Gasteiger partial charge on any atom is 0.326 e. The second kappa shape index (κ2) is 29.2. The summed E-state index contributed by atoms with van der Waals surface area (Å²) in [5.74, 6) is -6.68. The summed E-state index contributed by atoms with van der Waals surface area (Å²) in [7, 11) is 5.82. The molecule has 0 unspecified atom stereocenters. The Morgan fingerprint density at radius 1 is 0.877 bits per heavy atom. The third-order valence-electron chi connectivity index (χ3n) is 13.7. The number of benzene rings is 2. The fourth-order valence-corrected chi connectivity index (χ4v) is 9.30. The molecule has 1 heterocycles. The van der Waals surface area contributed by atoms with Crippen molar-refractivity contribution >= 4 is 47.2 Å². The average Bonchev–Trinajstić information content (AvgIpc) is 3.85. The van der Waals surface area contributed by atoms with Crippen molar-refractivity contribution in [3.05, 3.63) is 81.7 Å². The fraction of sp³-hybridized carbons (Fsp3) is 0.608. The van der Waals surface area contributed by atoms with E-state index in [2.05, 4.69) is 25.8 Å². The zero-order valence-corrected chi connectivity index (χ0v) is 44.0. The molecule has 22 heteroatoms. The van der Waals surface area contributed by atoms with Crippen molar-refractivity contribution < 1.29 is 58.1 Å². The van der Waals surface area contributed by atoms with Gasteiger partial charge >= 0.3 is 11.9 Å². The van der Waals surface area contributed by atoms with Crippen molar-refractivity contribution in [2.24, 2.45) is 33.8 Å². The van der Waals surface area contributed by atoms with E-state index in [4.69, 9.17) is 25.2 Å². The van der Waals surface area contributed by atoms with Gasteiger partial charge in [-0.3, -0.25) is 28.8 Å². The number of hydrogen-bond acceptors (Lipinski definition) is 13. The molecular formula is C51H76N10O12. The maximum atomic E-state index is 14.7. The van der Waals surface area contributed by atoms with Gasteiger partial charge in [0, 0.05) is 46.2 Å². The molecule has 1 aliphatic heterocycles. The van der Waals surface area contributed by atoms with Crippen molar-refractivity contribution in [1.29, 1.82) is 0 Å². The molecule has 22 nitrogen and oxygen atoms in total. The van der Waals surface area contributed by atoms with Crippen LogP contribution >= 0.6 is 0 Å². The van der Waals surface area contributed by atoms with Crippen LogP contribution in [0.1, 0.15) is 90.8 Å². The van der Waals surface area contributed by atoms with Crippen LogP contribution in [0.25, 0.3) is 10.4 Å². The number of carboxylic acid groups (broad SMARTS) is 2. The second-order valence-corrected chi connectivity index (χ2v) is 19.1. The molecule has 0 saturated carbocycles. The zero-order chi connectivity index (χ0) is 54.7. The fourth-order valence-electron chi connectivity index (χ4n) is 9.30. The molecule has 1 aliphatic rings. The Balaban J connectivity index is 1.79. The Kier molecular flexibility index (Phi) is 24.3. The topological polar surface area (TPSA) is 309 Å². The molecule has 1 fully saturated rings. The number of rotatable bonds is 29. The van der Waals surface area contributed by atoms with Crippen LogP contribution in [0, 0.1) is 17.8 Å². The van der Waals surface area contributed by atoms with Crippen molar-refractivity contribution in [1.82, 2.24) is 25.3 Å². The summed E-state index contributed by atoms with van der Waals surface area (Å²) in [5, 5.41) is 32.3. The molecule has 0 aromatic heterocycles. The lowest BCUT2D eigenvalue weighted by atomic mass is 9.89. The van der Waals surface area contributed by atoms with Crippen molar-refractivity contribution in [2.75, 3.05) is 41.5 Å². The van der Waals surface area contributed by atoms with Crippen LogP contribution in [0.4, 0.5) is 0 Å². The first-order valence-electron chi connectivity index (χ1n) is 24.6. The number of likely N-dealkylation sites (tertiary alicyclic amines) is 1. The number of nitrogens with zero attached hydrogens (tertiary/aromatic N) is 7.